The minimum atomic E-state index is -3.45. The van der Waals surface area contributed by atoms with Crippen LogP contribution in [-0.4, -0.2) is 26.6 Å². The van der Waals surface area contributed by atoms with Gasteiger partial charge in [-0.1, -0.05) is 56.4 Å². The maximum absolute atomic E-state index is 12.7. The summed E-state index contributed by atoms with van der Waals surface area (Å²) in [6.45, 7) is 4.09. The topological polar surface area (TPSA) is 66.5 Å². The van der Waals surface area contributed by atoms with Gasteiger partial charge in [0.1, 0.15) is 0 Å². The number of carbonyl (C=O) groups excluding carboxylic acids is 1. The van der Waals surface area contributed by atoms with Crippen LogP contribution in [0.4, 0.5) is 5.69 Å². The molecule has 0 aliphatic heterocycles. The molecule has 0 aromatic heterocycles. The molecule has 0 radical (unpaired) electrons. The van der Waals surface area contributed by atoms with E-state index in [1.807, 2.05) is 44.2 Å². The van der Waals surface area contributed by atoms with Crippen molar-refractivity contribution in [3.8, 4) is 0 Å². The standard InChI is InChI=1S/C25H34N2O3S/c1-19-11-12-20(2)24(17-19)27(31(3,29)30)18-21-13-15-22(16-14-21)25(28)26-23-9-7-5-4-6-8-10-23/h11-17,23H,4-10,18H2,1-3H3,(H,26,28). The monoisotopic (exact) mass is 442 g/mol. The summed E-state index contributed by atoms with van der Waals surface area (Å²) in [5.74, 6) is -0.0494. The zero-order chi connectivity index (χ0) is 22.4. The molecule has 6 heteroatoms. The van der Waals surface area contributed by atoms with Gasteiger partial charge in [0, 0.05) is 11.6 Å². The molecule has 0 atom stereocenters. The summed E-state index contributed by atoms with van der Waals surface area (Å²) in [7, 11) is -3.45. The van der Waals surface area contributed by atoms with Crippen molar-refractivity contribution >= 4 is 21.6 Å². The number of benzene rings is 2. The number of aryl methyl sites for hydroxylation is 2. The molecule has 1 amide bonds. The van der Waals surface area contributed by atoms with Gasteiger partial charge < -0.3 is 5.32 Å². The summed E-state index contributed by atoms with van der Waals surface area (Å²) in [5.41, 5.74) is 4.06. The Morgan fingerprint density at radius 1 is 0.968 bits per heavy atom. The maximum Gasteiger partial charge on any atom is 0.251 e. The molecule has 31 heavy (non-hydrogen) atoms. The van der Waals surface area contributed by atoms with E-state index in [1.165, 1.54) is 42.7 Å². The fraction of sp³-hybridized carbons (Fsp3) is 0.480. The molecule has 1 fully saturated rings. The summed E-state index contributed by atoms with van der Waals surface area (Å²) in [5, 5.41) is 3.18. The predicted octanol–water partition coefficient (Wildman–Crippen LogP) is 5.11. The van der Waals surface area contributed by atoms with Crippen LogP contribution in [0.15, 0.2) is 42.5 Å². The summed E-state index contributed by atoms with van der Waals surface area (Å²) >= 11 is 0. The fourth-order valence-corrected chi connectivity index (χ4v) is 5.10. The second kappa shape index (κ2) is 10.3. The number of hydrogen-bond donors (Lipinski definition) is 1. The third kappa shape index (κ3) is 6.57. The van der Waals surface area contributed by atoms with Crippen molar-refractivity contribution < 1.29 is 13.2 Å². The van der Waals surface area contributed by atoms with Crippen LogP contribution in [0.5, 0.6) is 0 Å². The highest BCUT2D eigenvalue weighted by Crippen LogP contribution is 2.26. The number of amides is 1. The average molecular weight is 443 g/mol. The highest BCUT2D eigenvalue weighted by molar-refractivity contribution is 7.92. The largest absolute Gasteiger partial charge is 0.349 e. The number of sulfonamides is 1. The Morgan fingerprint density at radius 3 is 2.19 bits per heavy atom. The van der Waals surface area contributed by atoms with E-state index in [2.05, 4.69) is 5.32 Å². The van der Waals surface area contributed by atoms with E-state index in [4.69, 9.17) is 0 Å². The van der Waals surface area contributed by atoms with Crippen LogP contribution in [0, 0.1) is 13.8 Å². The number of rotatable bonds is 6. The van der Waals surface area contributed by atoms with E-state index in [-0.39, 0.29) is 18.5 Å². The van der Waals surface area contributed by atoms with E-state index in [1.54, 1.807) is 12.1 Å². The SMILES string of the molecule is Cc1ccc(C)c(N(Cc2ccc(C(=O)NC3CCCCCCC3)cc2)S(C)(=O)=O)c1. The summed E-state index contributed by atoms with van der Waals surface area (Å²) < 4.78 is 26.5. The van der Waals surface area contributed by atoms with Gasteiger partial charge in [-0.15, -0.1) is 0 Å². The molecule has 1 N–H and O–H groups in total. The number of anilines is 1. The van der Waals surface area contributed by atoms with Gasteiger partial charge in [0.2, 0.25) is 10.0 Å². The summed E-state index contributed by atoms with van der Waals surface area (Å²) in [6, 6.07) is 13.3. The van der Waals surface area contributed by atoms with Gasteiger partial charge in [0.05, 0.1) is 18.5 Å². The summed E-state index contributed by atoms with van der Waals surface area (Å²) in [6.07, 6.45) is 9.45. The third-order valence-electron chi connectivity index (χ3n) is 6.02. The zero-order valence-electron chi connectivity index (χ0n) is 18.9. The number of nitrogens with zero attached hydrogens (tertiary/aromatic N) is 1. The molecule has 0 unspecified atom stereocenters. The van der Waals surface area contributed by atoms with Crippen molar-refractivity contribution in [1.82, 2.24) is 5.32 Å². The lowest BCUT2D eigenvalue weighted by Gasteiger charge is -2.25. The molecule has 1 saturated carbocycles. The van der Waals surface area contributed by atoms with Gasteiger partial charge >= 0.3 is 0 Å². The van der Waals surface area contributed by atoms with Crippen LogP contribution in [0.2, 0.25) is 0 Å². The van der Waals surface area contributed by atoms with Crippen LogP contribution in [-0.2, 0) is 16.6 Å². The first-order chi connectivity index (χ1) is 14.7. The van der Waals surface area contributed by atoms with Gasteiger partial charge in [-0.25, -0.2) is 8.42 Å². The first-order valence-corrected chi connectivity index (χ1v) is 13.0. The van der Waals surface area contributed by atoms with E-state index in [9.17, 15) is 13.2 Å². The zero-order valence-corrected chi connectivity index (χ0v) is 19.7. The first kappa shape index (κ1) is 23.3. The highest BCUT2D eigenvalue weighted by atomic mass is 32.2. The lowest BCUT2D eigenvalue weighted by atomic mass is 9.96. The number of nitrogens with one attached hydrogen (secondary N) is 1. The lowest BCUT2D eigenvalue weighted by molar-refractivity contribution is 0.0930. The molecule has 0 saturated heterocycles. The van der Waals surface area contributed by atoms with Crippen LogP contribution >= 0.6 is 0 Å². The third-order valence-corrected chi connectivity index (χ3v) is 7.14. The molecule has 0 spiro atoms. The molecule has 1 aliphatic rings. The Labute approximate surface area is 186 Å². The summed E-state index contributed by atoms with van der Waals surface area (Å²) in [4.78, 5) is 12.7. The van der Waals surface area contributed by atoms with Gasteiger partial charge in [-0.3, -0.25) is 9.10 Å². The average Bonchev–Trinajstić information content (AvgIpc) is 2.69. The van der Waals surface area contributed by atoms with Crippen molar-refractivity contribution in [1.29, 1.82) is 0 Å². The Morgan fingerprint density at radius 2 is 1.58 bits per heavy atom. The molecule has 0 heterocycles. The smallest absolute Gasteiger partial charge is 0.251 e. The van der Waals surface area contributed by atoms with Crippen molar-refractivity contribution in [3.63, 3.8) is 0 Å². The molecule has 168 valence electrons. The Balaban J connectivity index is 1.72. The van der Waals surface area contributed by atoms with Gasteiger partial charge in [0.25, 0.3) is 5.91 Å². The second-order valence-electron chi connectivity index (χ2n) is 8.77. The maximum atomic E-state index is 12.7. The molecule has 1 aliphatic carbocycles. The Hall–Kier alpha value is -2.34. The molecule has 0 bridgehead atoms. The minimum absolute atomic E-state index is 0.0494. The van der Waals surface area contributed by atoms with Crippen LogP contribution in [0.25, 0.3) is 0 Å². The Bertz CT molecular complexity index is 992. The van der Waals surface area contributed by atoms with Crippen molar-refractivity contribution in [2.75, 3.05) is 10.6 Å². The highest BCUT2D eigenvalue weighted by Gasteiger charge is 2.20. The van der Waals surface area contributed by atoms with Crippen molar-refractivity contribution in [2.24, 2.45) is 0 Å². The second-order valence-corrected chi connectivity index (χ2v) is 10.7. The van der Waals surface area contributed by atoms with Crippen LogP contribution < -0.4 is 9.62 Å². The quantitative estimate of drug-likeness (QED) is 0.676. The normalized spacial score (nSPS) is 15.7. The molecule has 5 nitrogen and oxygen atoms in total. The number of hydrogen-bond acceptors (Lipinski definition) is 3. The minimum Gasteiger partial charge on any atom is -0.349 e. The van der Waals surface area contributed by atoms with E-state index in [0.717, 1.165) is 29.5 Å². The van der Waals surface area contributed by atoms with Crippen LogP contribution in [0.1, 0.15) is 72.0 Å². The van der Waals surface area contributed by atoms with Gasteiger partial charge in [0.15, 0.2) is 0 Å². The van der Waals surface area contributed by atoms with Gasteiger partial charge in [-0.05, 0) is 61.6 Å². The number of carbonyl (C=O) groups is 1. The van der Waals surface area contributed by atoms with E-state index in [0.29, 0.717) is 11.3 Å². The molecular formula is C25H34N2O3S. The van der Waals surface area contributed by atoms with Crippen molar-refractivity contribution in [2.45, 2.75) is 71.4 Å². The lowest BCUT2D eigenvalue weighted by Crippen LogP contribution is -2.35. The molecule has 2 aromatic rings. The van der Waals surface area contributed by atoms with Gasteiger partial charge in [-0.2, -0.15) is 0 Å². The molecule has 2 aromatic carbocycles. The predicted molar refractivity (Wildman–Crippen MR) is 127 cm³/mol. The Kier molecular flexibility index (Phi) is 7.76. The first-order valence-electron chi connectivity index (χ1n) is 11.2. The molecular weight excluding hydrogens is 408 g/mol. The van der Waals surface area contributed by atoms with Crippen LogP contribution in [0.3, 0.4) is 0 Å². The van der Waals surface area contributed by atoms with E-state index < -0.39 is 10.0 Å². The molecule has 3 rings (SSSR count). The fourth-order valence-electron chi connectivity index (χ4n) is 4.17. The van der Waals surface area contributed by atoms with E-state index >= 15 is 0 Å². The van der Waals surface area contributed by atoms with Crippen molar-refractivity contribution in [3.05, 3.63) is 64.7 Å².